The zero-order valence-corrected chi connectivity index (χ0v) is 9.66. The number of anilines is 1. The molecule has 0 aliphatic heterocycles. The van der Waals surface area contributed by atoms with Gasteiger partial charge in [-0.25, -0.2) is 0 Å². The maximum Gasteiger partial charge on any atom is 0.307 e. The number of carboxylic acids is 1. The second kappa shape index (κ2) is 4.34. The number of aliphatic carboxylic acids is 1. The minimum Gasteiger partial charge on any atom is -0.481 e. The van der Waals surface area contributed by atoms with E-state index in [9.17, 15) is 4.79 Å². The van der Waals surface area contributed by atoms with Gasteiger partial charge >= 0.3 is 5.97 Å². The lowest BCUT2D eigenvalue weighted by molar-refractivity contribution is -0.136. The molecule has 0 aliphatic rings. The first kappa shape index (κ1) is 11.6. The van der Waals surface area contributed by atoms with Gasteiger partial charge in [0.2, 0.25) is 0 Å². The first-order valence-electron chi connectivity index (χ1n) is 4.91. The Morgan fingerprint density at radius 2 is 1.80 bits per heavy atom. The van der Waals surface area contributed by atoms with E-state index in [1.807, 2.05) is 45.0 Å². The summed E-state index contributed by atoms with van der Waals surface area (Å²) in [5, 5.41) is 8.81. The number of hydrogen-bond donors (Lipinski definition) is 1. The van der Waals surface area contributed by atoms with E-state index in [-0.39, 0.29) is 6.42 Å². The zero-order chi connectivity index (χ0) is 11.6. The molecule has 1 rings (SSSR count). The van der Waals surface area contributed by atoms with E-state index in [0.29, 0.717) is 0 Å². The molecule has 0 saturated carbocycles. The van der Waals surface area contributed by atoms with Crippen LogP contribution in [0.5, 0.6) is 0 Å². The molecule has 1 N–H and O–H groups in total. The number of benzene rings is 1. The minimum atomic E-state index is -0.790. The molecule has 0 heterocycles. The first-order valence-corrected chi connectivity index (χ1v) is 4.91. The smallest absolute Gasteiger partial charge is 0.307 e. The summed E-state index contributed by atoms with van der Waals surface area (Å²) in [5.74, 6) is -0.790. The largest absolute Gasteiger partial charge is 0.481 e. The Balaban J connectivity index is 3.21. The lowest BCUT2D eigenvalue weighted by Gasteiger charge is -2.18. The molecule has 1 aromatic carbocycles. The van der Waals surface area contributed by atoms with Crippen LogP contribution in [0.25, 0.3) is 0 Å². The molecule has 3 nitrogen and oxygen atoms in total. The zero-order valence-electron chi connectivity index (χ0n) is 9.66. The van der Waals surface area contributed by atoms with Crippen LogP contribution < -0.4 is 4.90 Å². The molecular formula is C12H17NO2. The molecule has 0 aliphatic carbocycles. The fraction of sp³-hybridized carbons (Fsp3) is 0.417. The molecule has 0 amide bonds. The number of hydrogen-bond acceptors (Lipinski definition) is 2. The Kier molecular flexibility index (Phi) is 3.35. The molecule has 0 unspecified atom stereocenters. The lowest BCUT2D eigenvalue weighted by atomic mass is 10.0. The lowest BCUT2D eigenvalue weighted by Crippen LogP contribution is -2.14. The van der Waals surface area contributed by atoms with E-state index in [4.69, 9.17) is 5.11 Å². The first-order chi connectivity index (χ1) is 6.91. The van der Waals surface area contributed by atoms with Crippen molar-refractivity contribution in [2.24, 2.45) is 0 Å². The van der Waals surface area contributed by atoms with Crippen molar-refractivity contribution in [1.29, 1.82) is 0 Å². The number of rotatable bonds is 3. The van der Waals surface area contributed by atoms with Gasteiger partial charge in [0, 0.05) is 19.8 Å². The monoisotopic (exact) mass is 207 g/mol. The molecule has 0 bridgehead atoms. The van der Waals surface area contributed by atoms with Crippen LogP contribution in [0, 0.1) is 13.8 Å². The van der Waals surface area contributed by atoms with Crippen LogP contribution >= 0.6 is 0 Å². The van der Waals surface area contributed by atoms with Crippen molar-refractivity contribution < 1.29 is 9.90 Å². The van der Waals surface area contributed by atoms with Gasteiger partial charge in [-0.05, 0) is 36.6 Å². The van der Waals surface area contributed by atoms with Crippen LogP contribution in [0.15, 0.2) is 12.1 Å². The van der Waals surface area contributed by atoms with Gasteiger partial charge in [0.1, 0.15) is 0 Å². The fourth-order valence-corrected chi connectivity index (χ4v) is 1.58. The topological polar surface area (TPSA) is 40.5 Å². The van der Waals surface area contributed by atoms with Crippen molar-refractivity contribution in [2.75, 3.05) is 19.0 Å². The molecule has 0 aromatic heterocycles. The predicted molar refractivity (Wildman–Crippen MR) is 61.6 cm³/mol. The highest BCUT2D eigenvalue weighted by Gasteiger charge is 2.10. The van der Waals surface area contributed by atoms with Gasteiger partial charge in [-0.3, -0.25) is 4.79 Å². The van der Waals surface area contributed by atoms with Crippen LogP contribution in [0.2, 0.25) is 0 Å². The minimum absolute atomic E-state index is 0.0780. The molecule has 0 atom stereocenters. The van der Waals surface area contributed by atoms with Crippen molar-refractivity contribution >= 4 is 11.7 Å². The van der Waals surface area contributed by atoms with E-state index >= 15 is 0 Å². The number of aryl methyl sites for hydroxylation is 2. The quantitative estimate of drug-likeness (QED) is 0.824. The standard InChI is InChI=1S/C12H17NO2/c1-8-5-10(7-12(14)15)11(13(3)4)6-9(8)2/h5-6H,7H2,1-4H3,(H,14,15). The molecule has 1 aromatic rings. The van der Waals surface area contributed by atoms with Gasteiger partial charge in [0.15, 0.2) is 0 Å². The van der Waals surface area contributed by atoms with Crippen LogP contribution in [-0.2, 0) is 11.2 Å². The maximum atomic E-state index is 10.7. The summed E-state index contributed by atoms with van der Waals surface area (Å²) in [6.45, 7) is 4.03. The van der Waals surface area contributed by atoms with Gasteiger partial charge in [0.05, 0.1) is 6.42 Å². The maximum absolute atomic E-state index is 10.7. The number of carbonyl (C=O) groups is 1. The summed E-state index contributed by atoms with van der Waals surface area (Å²) in [6.07, 6.45) is 0.0780. The molecule has 82 valence electrons. The average molecular weight is 207 g/mol. The summed E-state index contributed by atoms with van der Waals surface area (Å²) in [7, 11) is 3.85. The van der Waals surface area contributed by atoms with Crippen molar-refractivity contribution in [3.63, 3.8) is 0 Å². The normalized spacial score (nSPS) is 10.1. The highest BCUT2D eigenvalue weighted by molar-refractivity contribution is 5.74. The van der Waals surface area contributed by atoms with E-state index in [1.54, 1.807) is 0 Å². The second-order valence-corrected chi connectivity index (χ2v) is 4.03. The Bertz CT molecular complexity index is 383. The number of nitrogens with zero attached hydrogens (tertiary/aromatic N) is 1. The van der Waals surface area contributed by atoms with Gasteiger partial charge < -0.3 is 10.0 Å². The molecule has 15 heavy (non-hydrogen) atoms. The Labute approximate surface area is 90.3 Å². The van der Waals surface area contributed by atoms with Crippen LogP contribution in [0.3, 0.4) is 0 Å². The molecule has 0 saturated heterocycles. The summed E-state index contributed by atoms with van der Waals surface area (Å²) in [4.78, 5) is 12.7. The molecule has 3 heteroatoms. The van der Waals surface area contributed by atoms with Crippen LogP contribution in [0.1, 0.15) is 16.7 Å². The Hall–Kier alpha value is -1.51. The summed E-state index contributed by atoms with van der Waals surface area (Å²) in [5.41, 5.74) is 4.18. The number of carboxylic acid groups (broad SMARTS) is 1. The van der Waals surface area contributed by atoms with E-state index in [2.05, 4.69) is 0 Å². The summed E-state index contributed by atoms with van der Waals surface area (Å²) in [6, 6.07) is 3.99. The highest BCUT2D eigenvalue weighted by atomic mass is 16.4. The van der Waals surface area contributed by atoms with E-state index < -0.39 is 5.97 Å². The summed E-state index contributed by atoms with van der Waals surface area (Å²) >= 11 is 0. The van der Waals surface area contributed by atoms with Crippen LogP contribution in [-0.4, -0.2) is 25.2 Å². The average Bonchev–Trinajstić information content (AvgIpc) is 2.09. The third kappa shape index (κ3) is 2.72. The predicted octanol–water partition coefficient (Wildman–Crippen LogP) is 2.00. The molecule has 0 spiro atoms. The second-order valence-electron chi connectivity index (χ2n) is 4.03. The highest BCUT2D eigenvalue weighted by Crippen LogP contribution is 2.23. The van der Waals surface area contributed by atoms with Gasteiger partial charge in [0.25, 0.3) is 0 Å². The summed E-state index contributed by atoms with van der Waals surface area (Å²) < 4.78 is 0. The molecule has 0 fully saturated rings. The molecule has 0 radical (unpaired) electrons. The van der Waals surface area contributed by atoms with Crippen molar-refractivity contribution in [3.05, 3.63) is 28.8 Å². The van der Waals surface area contributed by atoms with Crippen LogP contribution in [0.4, 0.5) is 5.69 Å². The SMILES string of the molecule is Cc1cc(CC(=O)O)c(N(C)C)cc1C. The van der Waals surface area contributed by atoms with Crippen molar-refractivity contribution in [2.45, 2.75) is 20.3 Å². The Morgan fingerprint density at radius 1 is 1.27 bits per heavy atom. The van der Waals surface area contributed by atoms with E-state index in [1.165, 1.54) is 5.56 Å². The van der Waals surface area contributed by atoms with Crippen molar-refractivity contribution in [1.82, 2.24) is 0 Å². The third-order valence-electron chi connectivity index (χ3n) is 2.52. The fourth-order valence-electron chi connectivity index (χ4n) is 1.58. The van der Waals surface area contributed by atoms with Crippen molar-refractivity contribution in [3.8, 4) is 0 Å². The molecular weight excluding hydrogens is 190 g/mol. The third-order valence-corrected chi connectivity index (χ3v) is 2.52. The van der Waals surface area contributed by atoms with Gasteiger partial charge in [-0.2, -0.15) is 0 Å². The van der Waals surface area contributed by atoms with Gasteiger partial charge in [-0.15, -0.1) is 0 Å². The van der Waals surface area contributed by atoms with E-state index in [0.717, 1.165) is 16.8 Å². The van der Waals surface area contributed by atoms with Gasteiger partial charge in [-0.1, -0.05) is 6.07 Å². The Morgan fingerprint density at radius 3 is 2.27 bits per heavy atom.